The molecule has 0 N–H and O–H groups in total. The standard InChI is InChI=1S/C12H16N2/c1-10-6-4-7-12(11(10)2)14(3)9-5-8-13/h4,6-7H,5,9H2,1-3H3. The second-order valence-electron chi connectivity index (χ2n) is 3.55. The molecule has 0 amide bonds. The van der Waals surface area contributed by atoms with Gasteiger partial charge in [0.2, 0.25) is 0 Å². The number of nitriles is 1. The molecule has 0 saturated heterocycles. The van der Waals surface area contributed by atoms with Crippen LogP contribution in [0.1, 0.15) is 17.5 Å². The third-order valence-corrected chi connectivity index (χ3v) is 2.55. The van der Waals surface area contributed by atoms with E-state index < -0.39 is 0 Å². The van der Waals surface area contributed by atoms with Crippen molar-refractivity contribution < 1.29 is 0 Å². The van der Waals surface area contributed by atoms with Crippen LogP contribution in [0.5, 0.6) is 0 Å². The lowest BCUT2D eigenvalue weighted by molar-refractivity contribution is 0.899. The zero-order valence-corrected chi connectivity index (χ0v) is 9.04. The fourth-order valence-corrected chi connectivity index (χ4v) is 1.49. The highest BCUT2D eigenvalue weighted by molar-refractivity contribution is 5.55. The van der Waals surface area contributed by atoms with Gasteiger partial charge in [0.25, 0.3) is 0 Å². The van der Waals surface area contributed by atoms with Crippen LogP contribution in [0.2, 0.25) is 0 Å². The summed E-state index contributed by atoms with van der Waals surface area (Å²) < 4.78 is 0. The maximum absolute atomic E-state index is 8.51. The van der Waals surface area contributed by atoms with Gasteiger partial charge in [0.1, 0.15) is 0 Å². The highest BCUT2D eigenvalue weighted by Crippen LogP contribution is 2.21. The van der Waals surface area contributed by atoms with E-state index in [1.807, 2.05) is 7.05 Å². The molecule has 1 rings (SSSR count). The van der Waals surface area contributed by atoms with Crippen molar-refractivity contribution in [1.82, 2.24) is 0 Å². The van der Waals surface area contributed by atoms with Crippen molar-refractivity contribution in [2.75, 3.05) is 18.5 Å². The summed E-state index contributed by atoms with van der Waals surface area (Å²) in [6.07, 6.45) is 0.573. The highest BCUT2D eigenvalue weighted by Gasteiger charge is 2.04. The van der Waals surface area contributed by atoms with E-state index >= 15 is 0 Å². The van der Waals surface area contributed by atoms with Gasteiger partial charge in [-0.3, -0.25) is 0 Å². The van der Waals surface area contributed by atoms with Crippen molar-refractivity contribution in [1.29, 1.82) is 5.26 Å². The minimum absolute atomic E-state index is 0.573. The normalized spacial score (nSPS) is 9.57. The molecule has 0 aromatic heterocycles. The number of hydrogen-bond acceptors (Lipinski definition) is 2. The minimum Gasteiger partial charge on any atom is -0.373 e. The number of aryl methyl sites for hydroxylation is 1. The maximum Gasteiger partial charge on any atom is 0.0640 e. The second-order valence-corrected chi connectivity index (χ2v) is 3.55. The van der Waals surface area contributed by atoms with Crippen LogP contribution in [-0.4, -0.2) is 13.6 Å². The summed E-state index contributed by atoms with van der Waals surface area (Å²) in [6.45, 7) is 5.02. The topological polar surface area (TPSA) is 27.0 Å². The summed E-state index contributed by atoms with van der Waals surface area (Å²) in [4.78, 5) is 2.13. The molecular weight excluding hydrogens is 172 g/mol. The van der Waals surface area contributed by atoms with E-state index in [0.29, 0.717) is 6.42 Å². The van der Waals surface area contributed by atoms with Crippen LogP contribution < -0.4 is 4.90 Å². The van der Waals surface area contributed by atoms with Gasteiger partial charge in [0.15, 0.2) is 0 Å². The van der Waals surface area contributed by atoms with Crippen molar-refractivity contribution in [3.05, 3.63) is 29.3 Å². The van der Waals surface area contributed by atoms with Gasteiger partial charge in [0, 0.05) is 19.3 Å². The zero-order valence-electron chi connectivity index (χ0n) is 9.04. The van der Waals surface area contributed by atoms with E-state index in [1.54, 1.807) is 0 Å². The smallest absolute Gasteiger partial charge is 0.0640 e. The molecule has 2 nitrogen and oxygen atoms in total. The Hall–Kier alpha value is -1.49. The number of rotatable bonds is 3. The van der Waals surface area contributed by atoms with Crippen LogP contribution >= 0.6 is 0 Å². The molecule has 0 spiro atoms. The number of anilines is 1. The molecule has 0 aliphatic rings. The van der Waals surface area contributed by atoms with Gasteiger partial charge in [-0.2, -0.15) is 5.26 Å². The van der Waals surface area contributed by atoms with Crippen molar-refractivity contribution in [2.45, 2.75) is 20.3 Å². The van der Waals surface area contributed by atoms with E-state index in [2.05, 4.69) is 43.0 Å². The largest absolute Gasteiger partial charge is 0.373 e. The molecule has 0 saturated carbocycles. The fourth-order valence-electron chi connectivity index (χ4n) is 1.49. The van der Waals surface area contributed by atoms with E-state index in [0.717, 1.165) is 6.54 Å². The van der Waals surface area contributed by atoms with E-state index in [1.165, 1.54) is 16.8 Å². The van der Waals surface area contributed by atoms with Crippen LogP contribution in [-0.2, 0) is 0 Å². The van der Waals surface area contributed by atoms with Gasteiger partial charge in [-0.15, -0.1) is 0 Å². The summed E-state index contributed by atoms with van der Waals surface area (Å²) in [5, 5.41) is 8.51. The SMILES string of the molecule is Cc1cccc(N(C)CCC#N)c1C. The average molecular weight is 188 g/mol. The predicted octanol–water partition coefficient (Wildman–Crippen LogP) is 2.65. The lowest BCUT2D eigenvalue weighted by Crippen LogP contribution is -2.19. The fraction of sp³-hybridized carbons (Fsp3) is 0.417. The monoisotopic (exact) mass is 188 g/mol. The Morgan fingerprint density at radius 1 is 1.36 bits per heavy atom. The molecule has 74 valence electrons. The van der Waals surface area contributed by atoms with Gasteiger partial charge < -0.3 is 4.90 Å². The lowest BCUT2D eigenvalue weighted by atomic mass is 10.1. The maximum atomic E-state index is 8.51. The predicted molar refractivity (Wildman–Crippen MR) is 59.4 cm³/mol. The van der Waals surface area contributed by atoms with Crippen molar-refractivity contribution in [3.63, 3.8) is 0 Å². The van der Waals surface area contributed by atoms with Gasteiger partial charge in [-0.05, 0) is 31.0 Å². The molecule has 0 aliphatic carbocycles. The molecular formula is C12H16N2. The van der Waals surface area contributed by atoms with Crippen molar-refractivity contribution in [2.24, 2.45) is 0 Å². The molecule has 0 radical (unpaired) electrons. The highest BCUT2D eigenvalue weighted by atomic mass is 15.1. The number of benzene rings is 1. The van der Waals surface area contributed by atoms with Crippen LogP contribution in [0.15, 0.2) is 18.2 Å². The summed E-state index contributed by atoms with van der Waals surface area (Å²) >= 11 is 0. The van der Waals surface area contributed by atoms with Crippen LogP contribution in [0.3, 0.4) is 0 Å². The van der Waals surface area contributed by atoms with Crippen LogP contribution in [0.4, 0.5) is 5.69 Å². The van der Waals surface area contributed by atoms with E-state index in [-0.39, 0.29) is 0 Å². The summed E-state index contributed by atoms with van der Waals surface area (Å²) in [5.74, 6) is 0. The molecule has 1 aromatic rings. The van der Waals surface area contributed by atoms with Crippen molar-refractivity contribution in [3.8, 4) is 6.07 Å². The molecule has 2 heteroatoms. The Balaban J connectivity index is 2.85. The van der Waals surface area contributed by atoms with Crippen LogP contribution in [0.25, 0.3) is 0 Å². The lowest BCUT2D eigenvalue weighted by Gasteiger charge is -2.21. The summed E-state index contributed by atoms with van der Waals surface area (Å²) in [7, 11) is 2.03. The summed E-state index contributed by atoms with van der Waals surface area (Å²) in [6, 6.07) is 8.42. The molecule has 0 bridgehead atoms. The first-order valence-electron chi connectivity index (χ1n) is 4.81. The summed E-state index contributed by atoms with van der Waals surface area (Å²) in [5.41, 5.74) is 3.82. The van der Waals surface area contributed by atoms with Crippen LogP contribution in [0, 0.1) is 25.2 Å². The van der Waals surface area contributed by atoms with Gasteiger partial charge >= 0.3 is 0 Å². The van der Waals surface area contributed by atoms with Gasteiger partial charge in [-0.25, -0.2) is 0 Å². The third-order valence-electron chi connectivity index (χ3n) is 2.55. The average Bonchev–Trinajstić information content (AvgIpc) is 2.18. The third kappa shape index (κ3) is 2.26. The molecule has 1 aromatic carbocycles. The first kappa shape index (κ1) is 10.6. The first-order chi connectivity index (χ1) is 6.66. The second kappa shape index (κ2) is 4.66. The molecule has 14 heavy (non-hydrogen) atoms. The van der Waals surface area contributed by atoms with Gasteiger partial charge in [-0.1, -0.05) is 12.1 Å². The Morgan fingerprint density at radius 2 is 2.07 bits per heavy atom. The molecule has 0 fully saturated rings. The first-order valence-corrected chi connectivity index (χ1v) is 4.81. The Morgan fingerprint density at radius 3 is 2.71 bits per heavy atom. The molecule has 0 heterocycles. The molecule has 0 atom stereocenters. The van der Waals surface area contributed by atoms with E-state index in [9.17, 15) is 0 Å². The zero-order chi connectivity index (χ0) is 10.6. The molecule has 0 aliphatic heterocycles. The minimum atomic E-state index is 0.573. The van der Waals surface area contributed by atoms with Crippen molar-refractivity contribution >= 4 is 5.69 Å². The Labute approximate surface area is 85.8 Å². The number of nitrogens with zero attached hydrogens (tertiary/aromatic N) is 2. The Bertz CT molecular complexity index is 350. The van der Waals surface area contributed by atoms with E-state index in [4.69, 9.17) is 5.26 Å². The number of hydrogen-bond donors (Lipinski definition) is 0. The quantitative estimate of drug-likeness (QED) is 0.729. The van der Waals surface area contributed by atoms with Gasteiger partial charge in [0.05, 0.1) is 12.5 Å². The Kier molecular flexibility index (Phi) is 3.53. The molecule has 0 unspecified atom stereocenters.